The summed E-state index contributed by atoms with van der Waals surface area (Å²) in [5.74, 6) is -1.19. The molecule has 22 heavy (non-hydrogen) atoms. The molecule has 0 bridgehead atoms. The third-order valence-corrected chi connectivity index (χ3v) is 5.32. The van der Waals surface area contributed by atoms with Crippen molar-refractivity contribution < 1.29 is 14.4 Å². The van der Waals surface area contributed by atoms with Crippen LogP contribution in [-0.4, -0.2) is 33.6 Å². The van der Waals surface area contributed by atoms with E-state index in [-0.39, 0.29) is 29.6 Å². The van der Waals surface area contributed by atoms with Gasteiger partial charge in [-0.15, -0.1) is 11.3 Å². The van der Waals surface area contributed by atoms with Gasteiger partial charge in [0.05, 0.1) is 11.8 Å². The van der Waals surface area contributed by atoms with Crippen molar-refractivity contribution in [2.75, 3.05) is 5.32 Å². The topological polar surface area (TPSA) is 79.4 Å². The Morgan fingerprint density at radius 1 is 1.32 bits per heavy atom. The zero-order chi connectivity index (χ0) is 15.9. The Morgan fingerprint density at radius 2 is 1.91 bits per heavy atom. The average Bonchev–Trinajstić information content (AvgIpc) is 3.01. The average molecular weight is 321 g/mol. The fraction of sp³-hybridized carbons (Fsp3) is 0.600. The van der Waals surface area contributed by atoms with Crippen molar-refractivity contribution in [2.24, 2.45) is 11.8 Å². The number of hydrogen-bond donors (Lipinski definition) is 1. The SMILES string of the molecule is Cc1cnc(NC(=O)[C@@H](C)N2C(=O)C3CCCCC3C2=O)s1. The third-order valence-electron chi connectivity index (χ3n) is 4.49. The number of rotatable bonds is 3. The van der Waals surface area contributed by atoms with Crippen LogP contribution >= 0.6 is 11.3 Å². The van der Waals surface area contributed by atoms with Crippen molar-refractivity contribution in [2.45, 2.75) is 45.6 Å². The van der Waals surface area contributed by atoms with E-state index in [0.717, 1.165) is 35.5 Å². The van der Waals surface area contributed by atoms with E-state index in [2.05, 4.69) is 10.3 Å². The molecule has 1 aliphatic carbocycles. The molecule has 2 heterocycles. The lowest BCUT2D eigenvalue weighted by Crippen LogP contribution is -2.46. The molecule has 118 valence electrons. The standard InChI is InChI=1S/C15H19N3O3S/c1-8-7-16-15(22-8)17-12(19)9(2)18-13(20)10-5-3-4-6-11(10)14(18)21/h7,9-11H,3-6H2,1-2H3,(H,16,17,19)/t9-,10?,11?/m1/s1. The number of carbonyl (C=O) groups is 3. The largest absolute Gasteiger partial charge is 0.300 e. The maximum atomic E-state index is 12.5. The van der Waals surface area contributed by atoms with E-state index in [0.29, 0.717) is 5.13 Å². The van der Waals surface area contributed by atoms with Crippen LogP contribution in [0.3, 0.4) is 0 Å². The minimum atomic E-state index is -0.796. The van der Waals surface area contributed by atoms with Crippen LogP contribution in [-0.2, 0) is 14.4 Å². The summed E-state index contributed by atoms with van der Waals surface area (Å²) in [6.07, 6.45) is 5.14. The van der Waals surface area contributed by atoms with Crippen molar-refractivity contribution in [3.05, 3.63) is 11.1 Å². The maximum absolute atomic E-state index is 12.5. The molecule has 1 N–H and O–H groups in total. The highest BCUT2D eigenvalue weighted by Crippen LogP contribution is 2.38. The molecule has 2 unspecified atom stereocenters. The number of hydrogen-bond acceptors (Lipinski definition) is 5. The molecule has 0 radical (unpaired) electrons. The molecule has 1 aliphatic heterocycles. The van der Waals surface area contributed by atoms with Crippen molar-refractivity contribution in [3.63, 3.8) is 0 Å². The van der Waals surface area contributed by atoms with Gasteiger partial charge in [-0.25, -0.2) is 4.98 Å². The molecule has 0 aromatic carbocycles. The van der Waals surface area contributed by atoms with Gasteiger partial charge in [0, 0.05) is 11.1 Å². The Hall–Kier alpha value is -1.76. The number of likely N-dealkylation sites (tertiary alicyclic amines) is 1. The molecule has 2 fully saturated rings. The highest BCUT2D eigenvalue weighted by Gasteiger charge is 2.50. The molecule has 0 spiro atoms. The first-order valence-electron chi connectivity index (χ1n) is 7.59. The first-order chi connectivity index (χ1) is 10.5. The lowest BCUT2D eigenvalue weighted by Gasteiger charge is -2.21. The molecule has 1 aromatic rings. The summed E-state index contributed by atoms with van der Waals surface area (Å²) in [6.45, 7) is 3.50. The number of carbonyl (C=O) groups excluding carboxylic acids is 3. The van der Waals surface area contributed by atoms with Crippen LogP contribution in [0.2, 0.25) is 0 Å². The zero-order valence-corrected chi connectivity index (χ0v) is 13.5. The molecule has 3 rings (SSSR count). The predicted octanol–water partition coefficient (Wildman–Crippen LogP) is 1.95. The first kappa shape index (κ1) is 15.1. The predicted molar refractivity (Wildman–Crippen MR) is 82.2 cm³/mol. The summed E-state index contributed by atoms with van der Waals surface area (Å²) in [5, 5.41) is 3.18. The van der Waals surface area contributed by atoms with Crippen LogP contribution in [0.5, 0.6) is 0 Å². The molecule has 1 saturated heterocycles. The van der Waals surface area contributed by atoms with Gasteiger partial charge < -0.3 is 5.32 Å². The number of aryl methyl sites for hydroxylation is 1. The van der Waals surface area contributed by atoms with Gasteiger partial charge in [0.25, 0.3) is 0 Å². The molecular formula is C15H19N3O3S. The minimum Gasteiger partial charge on any atom is -0.300 e. The van der Waals surface area contributed by atoms with Gasteiger partial charge in [-0.3, -0.25) is 19.3 Å². The highest BCUT2D eigenvalue weighted by molar-refractivity contribution is 7.15. The van der Waals surface area contributed by atoms with Crippen molar-refractivity contribution in [3.8, 4) is 0 Å². The lowest BCUT2D eigenvalue weighted by atomic mass is 9.81. The number of imide groups is 1. The normalized spacial score (nSPS) is 26.0. The second-order valence-electron chi connectivity index (χ2n) is 5.99. The van der Waals surface area contributed by atoms with Gasteiger partial charge in [-0.1, -0.05) is 12.8 Å². The zero-order valence-electron chi connectivity index (χ0n) is 12.7. The molecule has 3 amide bonds. The quantitative estimate of drug-likeness (QED) is 0.863. The van der Waals surface area contributed by atoms with E-state index in [9.17, 15) is 14.4 Å². The van der Waals surface area contributed by atoms with Gasteiger partial charge in [-0.05, 0) is 26.7 Å². The van der Waals surface area contributed by atoms with E-state index in [4.69, 9.17) is 0 Å². The van der Waals surface area contributed by atoms with E-state index >= 15 is 0 Å². The van der Waals surface area contributed by atoms with Crippen molar-refractivity contribution >= 4 is 34.2 Å². The highest BCUT2D eigenvalue weighted by atomic mass is 32.1. The third kappa shape index (κ3) is 2.54. The molecule has 3 atom stereocenters. The van der Waals surface area contributed by atoms with Crippen LogP contribution in [0.4, 0.5) is 5.13 Å². The number of anilines is 1. The van der Waals surface area contributed by atoms with Crippen molar-refractivity contribution in [1.82, 2.24) is 9.88 Å². The summed E-state index contributed by atoms with van der Waals surface area (Å²) >= 11 is 1.37. The van der Waals surface area contributed by atoms with E-state index in [1.165, 1.54) is 11.3 Å². The van der Waals surface area contributed by atoms with Crippen molar-refractivity contribution in [1.29, 1.82) is 0 Å². The van der Waals surface area contributed by atoms with Crippen LogP contribution in [0.15, 0.2) is 6.20 Å². The number of aromatic nitrogens is 1. The molecule has 2 aliphatic rings. The number of fused-ring (bicyclic) bond motifs is 1. The Labute approximate surface area is 132 Å². The Kier molecular flexibility index (Phi) is 3.99. The second-order valence-corrected chi connectivity index (χ2v) is 7.22. The van der Waals surface area contributed by atoms with Gasteiger partial charge in [0.2, 0.25) is 17.7 Å². The fourth-order valence-electron chi connectivity index (χ4n) is 3.31. The summed E-state index contributed by atoms with van der Waals surface area (Å²) < 4.78 is 0. The summed E-state index contributed by atoms with van der Waals surface area (Å²) in [7, 11) is 0. The summed E-state index contributed by atoms with van der Waals surface area (Å²) in [6, 6.07) is -0.796. The molecule has 6 nitrogen and oxygen atoms in total. The minimum absolute atomic E-state index is 0.187. The van der Waals surface area contributed by atoms with E-state index < -0.39 is 6.04 Å². The first-order valence-corrected chi connectivity index (χ1v) is 8.41. The van der Waals surface area contributed by atoms with Gasteiger partial charge in [-0.2, -0.15) is 0 Å². The van der Waals surface area contributed by atoms with E-state index in [1.54, 1.807) is 13.1 Å². The number of nitrogens with one attached hydrogen (secondary N) is 1. The van der Waals surface area contributed by atoms with Gasteiger partial charge in [0.15, 0.2) is 5.13 Å². The smallest absolute Gasteiger partial charge is 0.249 e. The number of amides is 3. The summed E-state index contributed by atoms with van der Waals surface area (Å²) in [5.41, 5.74) is 0. The summed E-state index contributed by atoms with van der Waals surface area (Å²) in [4.78, 5) is 43.5. The fourth-order valence-corrected chi connectivity index (χ4v) is 3.98. The number of nitrogens with zero attached hydrogens (tertiary/aromatic N) is 2. The monoisotopic (exact) mass is 321 g/mol. The van der Waals surface area contributed by atoms with Gasteiger partial charge in [0.1, 0.15) is 6.04 Å². The Balaban J connectivity index is 1.73. The van der Waals surface area contributed by atoms with Gasteiger partial charge >= 0.3 is 0 Å². The Bertz CT molecular complexity index is 603. The van der Waals surface area contributed by atoms with Crippen LogP contribution in [0.1, 0.15) is 37.5 Å². The van der Waals surface area contributed by atoms with Crippen LogP contribution in [0, 0.1) is 18.8 Å². The lowest BCUT2D eigenvalue weighted by molar-refractivity contribution is -0.146. The van der Waals surface area contributed by atoms with E-state index in [1.807, 2.05) is 6.92 Å². The molecular weight excluding hydrogens is 302 g/mol. The number of thiazole rings is 1. The second kappa shape index (κ2) is 5.79. The maximum Gasteiger partial charge on any atom is 0.249 e. The molecule has 7 heteroatoms. The van der Waals surface area contributed by atoms with Crippen LogP contribution in [0.25, 0.3) is 0 Å². The van der Waals surface area contributed by atoms with Crippen LogP contribution < -0.4 is 5.32 Å². The molecule has 1 saturated carbocycles. The molecule has 1 aromatic heterocycles. The Morgan fingerprint density at radius 3 is 2.41 bits per heavy atom.